The zero-order chi connectivity index (χ0) is 26.2. The van der Waals surface area contributed by atoms with Crippen molar-refractivity contribution in [3.63, 3.8) is 0 Å². The lowest BCUT2D eigenvalue weighted by molar-refractivity contribution is -0.137. The highest BCUT2D eigenvalue weighted by Crippen LogP contribution is 2.40. The topological polar surface area (TPSA) is 97.3 Å². The number of nitrogens with one attached hydrogen (secondary N) is 1. The number of carbonyl (C=O) groups is 2. The molecule has 190 valence electrons. The predicted molar refractivity (Wildman–Crippen MR) is 130 cm³/mol. The zero-order valence-electron chi connectivity index (χ0n) is 19.6. The van der Waals surface area contributed by atoms with Gasteiger partial charge in [0.2, 0.25) is 11.0 Å². The molecule has 0 spiro atoms. The molecule has 3 heterocycles. The molecule has 2 aliphatic rings. The highest BCUT2D eigenvalue weighted by atomic mass is 32.1. The number of alkyl halides is 3. The van der Waals surface area contributed by atoms with Crippen molar-refractivity contribution in [3.05, 3.63) is 46.6 Å². The van der Waals surface area contributed by atoms with Gasteiger partial charge in [0.05, 0.1) is 18.2 Å². The van der Waals surface area contributed by atoms with Crippen molar-refractivity contribution in [2.75, 3.05) is 23.9 Å². The smallest absolute Gasteiger partial charge is 0.416 e. The molecule has 2 fully saturated rings. The summed E-state index contributed by atoms with van der Waals surface area (Å²) in [5.41, 5.74) is -0.767. The standard InChI is InChI=1S/C25H20F3N5O3S/c1-36-19-8-7-15(25(26,27)28)11-17(19)16-12-20(33-10-2-3-22(33)34)29-13-18(16)23(35)30-24-32-31-21(37-24)9-6-14-4-5-14/h7-8,11-14H,2-5,10H2,1H3,(H,30,32,35). The number of carbonyl (C=O) groups excluding carboxylic acids is 2. The number of halogens is 3. The number of pyridine rings is 1. The van der Waals surface area contributed by atoms with Crippen LogP contribution in [0.5, 0.6) is 5.75 Å². The summed E-state index contributed by atoms with van der Waals surface area (Å²) in [5.74, 6) is 5.92. The fourth-order valence-corrected chi connectivity index (χ4v) is 4.46. The van der Waals surface area contributed by atoms with E-state index in [1.807, 2.05) is 0 Å². The fourth-order valence-electron chi connectivity index (χ4n) is 3.86. The van der Waals surface area contributed by atoms with Crippen LogP contribution in [0.1, 0.15) is 46.6 Å². The monoisotopic (exact) mass is 527 g/mol. The molecule has 0 radical (unpaired) electrons. The number of anilines is 2. The first kappa shape index (κ1) is 24.7. The average Bonchev–Trinajstić information content (AvgIpc) is 3.44. The van der Waals surface area contributed by atoms with Gasteiger partial charge in [-0.1, -0.05) is 17.3 Å². The molecule has 1 aromatic carbocycles. The number of hydrogen-bond acceptors (Lipinski definition) is 7. The molecule has 1 N–H and O–H groups in total. The van der Waals surface area contributed by atoms with Crippen LogP contribution in [0.3, 0.4) is 0 Å². The Bertz CT molecular complexity index is 1440. The van der Waals surface area contributed by atoms with Crippen molar-refractivity contribution < 1.29 is 27.5 Å². The molecule has 3 aromatic rings. The highest BCUT2D eigenvalue weighted by Gasteiger charge is 2.32. The lowest BCUT2D eigenvalue weighted by atomic mass is 9.97. The number of aromatic nitrogens is 3. The number of ether oxygens (including phenoxy) is 1. The van der Waals surface area contributed by atoms with Crippen molar-refractivity contribution in [2.24, 2.45) is 5.92 Å². The largest absolute Gasteiger partial charge is 0.496 e. The second-order valence-electron chi connectivity index (χ2n) is 8.56. The van der Waals surface area contributed by atoms with Crippen molar-refractivity contribution >= 4 is 34.1 Å². The molecule has 8 nitrogen and oxygen atoms in total. The molecule has 1 saturated heterocycles. The van der Waals surface area contributed by atoms with E-state index in [1.165, 1.54) is 30.3 Å². The maximum atomic E-state index is 13.6. The Hall–Kier alpha value is -3.98. The van der Waals surface area contributed by atoms with Gasteiger partial charge in [-0.25, -0.2) is 4.98 Å². The molecule has 5 rings (SSSR count). The predicted octanol–water partition coefficient (Wildman–Crippen LogP) is 4.77. The number of rotatable bonds is 5. The van der Waals surface area contributed by atoms with Gasteiger partial charge in [-0.3, -0.25) is 19.8 Å². The Morgan fingerprint density at radius 3 is 2.70 bits per heavy atom. The van der Waals surface area contributed by atoms with Crippen molar-refractivity contribution in [3.8, 4) is 28.7 Å². The van der Waals surface area contributed by atoms with E-state index >= 15 is 0 Å². The van der Waals surface area contributed by atoms with Gasteiger partial charge in [0.1, 0.15) is 11.6 Å². The molecule has 0 bridgehead atoms. The number of benzene rings is 1. The third-order valence-corrected chi connectivity index (χ3v) is 6.66. The van der Waals surface area contributed by atoms with Crippen LogP contribution in [0, 0.1) is 17.8 Å². The van der Waals surface area contributed by atoms with Crippen LogP contribution in [0.15, 0.2) is 30.5 Å². The molecule has 2 aromatic heterocycles. The summed E-state index contributed by atoms with van der Waals surface area (Å²) in [7, 11) is 1.32. The average molecular weight is 528 g/mol. The van der Waals surface area contributed by atoms with E-state index in [9.17, 15) is 22.8 Å². The van der Waals surface area contributed by atoms with Gasteiger partial charge in [0, 0.05) is 36.2 Å². The zero-order valence-corrected chi connectivity index (χ0v) is 20.4. The van der Waals surface area contributed by atoms with E-state index in [0.29, 0.717) is 30.3 Å². The molecule has 2 amide bonds. The lowest BCUT2D eigenvalue weighted by Crippen LogP contribution is -2.25. The minimum Gasteiger partial charge on any atom is -0.496 e. The molecular weight excluding hydrogens is 507 g/mol. The van der Waals surface area contributed by atoms with Crippen LogP contribution in [-0.4, -0.2) is 40.7 Å². The lowest BCUT2D eigenvalue weighted by Gasteiger charge is -2.19. The van der Waals surface area contributed by atoms with Crippen LogP contribution >= 0.6 is 11.3 Å². The third kappa shape index (κ3) is 5.41. The first-order valence-corrected chi connectivity index (χ1v) is 12.3. The Kier molecular flexibility index (Phi) is 6.55. The summed E-state index contributed by atoms with van der Waals surface area (Å²) < 4.78 is 46.0. The Labute approximate surface area is 213 Å². The molecule has 1 saturated carbocycles. The van der Waals surface area contributed by atoms with E-state index in [2.05, 4.69) is 32.3 Å². The highest BCUT2D eigenvalue weighted by molar-refractivity contribution is 7.15. The van der Waals surface area contributed by atoms with Gasteiger partial charge >= 0.3 is 6.18 Å². The SMILES string of the molecule is COc1ccc(C(F)(F)F)cc1-c1cc(N2CCCC2=O)ncc1C(=O)Nc1nnc(C#CC2CC2)s1. The molecule has 0 atom stereocenters. The van der Waals surface area contributed by atoms with E-state index in [1.54, 1.807) is 0 Å². The minimum absolute atomic E-state index is 0.0196. The fraction of sp³-hybridized carbons (Fsp3) is 0.320. The summed E-state index contributed by atoms with van der Waals surface area (Å²) in [5, 5.41) is 11.2. The number of nitrogens with zero attached hydrogens (tertiary/aromatic N) is 4. The molecule has 37 heavy (non-hydrogen) atoms. The van der Waals surface area contributed by atoms with Crippen molar-refractivity contribution in [1.82, 2.24) is 15.2 Å². The van der Waals surface area contributed by atoms with Gasteiger partial charge in [-0.15, -0.1) is 10.2 Å². The maximum absolute atomic E-state index is 13.6. The third-order valence-electron chi connectivity index (χ3n) is 5.91. The van der Waals surface area contributed by atoms with Gasteiger partial charge in [0.25, 0.3) is 5.91 Å². The number of hydrogen-bond donors (Lipinski definition) is 1. The van der Waals surface area contributed by atoms with Gasteiger partial charge < -0.3 is 4.74 Å². The summed E-state index contributed by atoms with van der Waals surface area (Å²) in [6.07, 6.45) is -0.287. The van der Waals surface area contributed by atoms with Crippen LogP contribution in [-0.2, 0) is 11.0 Å². The normalized spacial score (nSPS) is 15.4. The Morgan fingerprint density at radius 1 is 1.22 bits per heavy atom. The Morgan fingerprint density at radius 2 is 2.03 bits per heavy atom. The summed E-state index contributed by atoms with van der Waals surface area (Å²) >= 11 is 1.09. The summed E-state index contributed by atoms with van der Waals surface area (Å²) in [4.78, 5) is 31.3. The Balaban J connectivity index is 1.55. The van der Waals surface area contributed by atoms with E-state index < -0.39 is 17.6 Å². The van der Waals surface area contributed by atoms with Crippen LogP contribution < -0.4 is 15.0 Å². The molecule has 12 heteroatoms. The molecule has 1 aliphatic carbocycles. The van der Waals surface area contributed by atoms with Crippen LogP contribution in [0.2, 0.25) is 0 Å². The molecule has 1 aliphatic heterocycles. The van der Waals surface area contributed by atoms with E-state index in [0.717, 1.165) is 36.3 Å². The van der Waals surface area contributed by atoms with Gasteiger partial charge in [-0.2, -0.15) is 13.2 Å². The number of methoxy groups -OCH3 is 1. The minimum atomic E-state index is -4.62. The van der Waals surface area contributed by atoms with Crippen LogP contribution in [0.25, 0.3) is 11.1 Å². The van der Waals surface area contributed by atoms with Gasteiger partial charge in [-0.05, 0) is 49.4 Å². The van der Waals surface area contributed by atoms with Crippen molar-refractivity contribution in [2.45, 2.75) is 31.9 Å². The maximum Gasteiger partial charge on any atom is 0.416 e. The van der Waals surface area contributed by atoms with Gasteiger partial charge in [0.15, 0.2) is 5.01 Å². The second kappa shape index (κ2) is 9.82. The summed E-state index contributed by atoms with van der Waals surface area (Å²) in [6.45, 7) is 0.423. The van der Waals surface area contributed by atoms with Crippen molar-refractivity contribution in [1.29, 1.82) is 0 Å². The quantitative estimate of drug-likeness (QED) is 0.481. The van der Waals surface area contributed by atoms with E-state index in [-0.39, 0.29) is 39.3 Å². The van der Waals surface area contributed by atoms with E-state index in [4.69, 9.17) is 4.74 Å². The first-order chi connectivity index (χ1) is 17.7. The first-order valence-electron chi connectivity index (χ1n) is 11.5. The summed E-state index contributed by atoms with van der Waals surface area (Å²) in [6, 6.07) is 4.44. The number of amides is 2. The second-order valence-corrected chi connectivity index (χ2v) is 9.54. The molecular formula is C25H20F3N5O3S. The van der Waals surface area contributed by atoms with Crippen LogP contribution in [0.4, 0.5) is 24.1 Å². The molecule has 0 unspecified atom stereocenters.